The van der Waals surface area contributed by atoms with Crippen LogP contribution in [0, 0.1) is 11.8 Å². The van der Waals surface area contributed by atoms with E-state index in [4.69, 9.17) is 0 Å². The molecule has 0 heterocycles. The smallest absolute Gasteiger partial charge is 0.200 e. The summed E-state index contributed by atoms with van der Waals surface area (Å²) < 4.78 is 486. The van der Waals surface area contributed by atoms with Gasteiger partial charge in [-0.1, -0.05) is 194 Å². The predicted molar refractivity (Wildman–Crippen MR) is 247 cm³/mol. The molecule has 2 atom stereocenters. The highest BCUT2D eigenvalue weighted by molar-refractivity contribution is 5.17. The molecule has 0 aromatic carbocycles. The number of unbranched alkanes of at least 4 members (excludes halogenated alkanes) is 26. The lowest BCUT2D eigenvalue weighted by Gasteiger charge is -2.44. The predicted octanol–water partition coefficient (Wildman–Crippen LogP) is 24.8. The van der Waals surface area contributed by atoms with Gasteiger partial charge >= 0.3 is 95.3 Å². The maximum atomic E-state index is 15.8. The Morgan fingerprint density at radius 1 is 0.174 bits per heavy atom. The number of rotatable bonds is 47. The minimum Gasteiger partial charge on any atom is -0.200 e. The van der Waals surface area contributed by atoms with Crippen LogP contribution in [0.1, 0.15) is 219 Å². The number of alkyl halides is 34. The third-order valence-corrected chi connectivity index (χ3v) is 15.1. The quantitative estimate of drug-likeness (QED) is 0.0421. The third-order valence-electron chi connectivity index (χ3n) is 15.1. The first-order valence-corrected chi connectivity index (χ1v) is 28.0. The van der Waals surface area contributed by atoms with Crippen molar-refractivity contribution < 1.29 is 149 Å². The van der Waals surface area contributed by atoms with E-state index in [9.17, 15) is 114 Å². The molecule has 0 aliphatic carbocycles. The highest BCUT2D eigenvalue weighted by atomic mass is 19.4. The number of hydrogen-bond acceptors (Lipinski definition) is 0. The molecule has 86 heavy (non-hydrogen) atoms. The maximum Gasteiger partial charge on any atom is 0.460 e. The summed E-state index contributed by atoms with van der Waals surface area (Å²) in [7, 11) is 0. The molecule has 0 aromatic rings. The average molecular weight is 1340 g/mol. The molecule has 0 spiro atoms. The highest BCUT2D eigenvalue weighted by Gasteiger charge is 2.97. The van der Waals surface area contributed by atoms with E-state index in [2.05, 4.69) is 0 Å². The van der Waals surface area contributed by atoms with Gasteiger partial charge in [0.1, 0.15) is 0 Å². The van der Waals surface area contributed by atoms with Crippen molar-refractivity contribution >= 4 is 0 Å². The van der Waals surface area contributed by atoms with Gasteiger partial charge in [0.15, 0.2) is 0 Å². The van der Waals surface area contributed by atoms with Crippen LogP contribution in [0.3, 0.4) is 0 Å². The van der Waals surface area contributed by atoms with Crippen molar-refractivity contribution in [3.05, 3.63) is 0 Å². The van der Waals surface area contributed by atoms with Gasteiger partial charge in [-0.05, 0) is 24.7 Å². The first-order valence-electron chi connectivity index (χ1n) is 28.0. The summed E-state index contributed by atoms with van der Waals surface area (Å²) in [6, 6.07) is 0. The molecule has 0 saturated heterocycles. The van der Waals surface area contributed by atoms with Gasteiger partial charge in [-0.2, -0.15) is 149 Å². The molecule has 0 rings (SSSR count). The largest absolute Gasteiger partial charge is 0.460 e. The normalized spacial score (nSPS) is 15.9. The summed E-state index contributed by atoms with van der Waals surface area (Å²) in [5, 5.41) is 0. The van der Waals surface area contributed by atoms with E-state index in [1.165, 1.54) is 0 Å². The second-order valence-electron chi connectivity index (χ2n) is 22.0. The molecule has 0 nitrogen and oxygen atoms in total. The van der Waals surface area contributed by atoms with Gasteiger partial charge < -0.3 is 0 Å². The molecule has 0 saturated carbocycles. The van der Waals surface area contributed by atoms with Crippen LogP contribution in [-0.4, -0.2) is 95.3 Å². The van der Waals surface area contributed by atoms with Crippen molar-refractivity contribution in [2.24, 2.45) is 11.8 Å². The van der Waals surface area contributed by atoms with E-state index in [1.807, 2.05) is 13.8 Å². The molecule has 0 aromatic heterocycles. The summed E-state index contributed by atoms with van der Waals surface area (Å²) in [5.74, 6) is -129. The van der Waals surface area contributed by atoms with Crippen molar-refractivity contribution in [3.63, 3.8) is 0 Å². The zero-order valence-electron chi connectivity index (χ0n) is 46.6. The Bertz CT molecular complexity index is 1770. The summed E-state index contributed by atoms with van der Waals surface area (Å²) in [6.07, 6.45) is -14.6. The molecule has 0 aliphatic rings. The van der Waals surface area contributed by atoms with Gasteiger partial charge in [-0.3, -0.25) is 0 Å². The van der Waals surface area contributed by atoms with Gasteiger partial charge in [-0.15, -0.1) is 0 Å². The SMILES string of the molecule is CCCCCCCCCCCCCCCCC(CC(F)(F)C(F)(F)C(F)(F)C(F)(F)C(F)(F)C(F)(F)C(F)(F)C(F)(F)F)C(CCCCCCCCCCCCCCCC)CC(F)(F)C(F)(F)C(F)(F)C(F)(F)C(F)(F)C(F)(F)C(F)(F)C(F)(F)F. The third kappa shape index (κ3) is 18.4. The topological polar surface area (TPSA) is 0 Å². The number of hydrogen-bond donors (Lipinski definition) is 0. The van der Waals surface area contributed by atoms with Crippen LogP contribution in [0.5, 0.6) is 0 Å². The Morgan fingerprint density at radius 3 is 0.477 bits per heavy atom. The van der Waals surface area contributed by atoms with E-state index in [1.54, 1.807) is 0 Å². The molecule has 0 amide bonds. The van der Waals surface area contributed by atoms with E-state index < -0.39 is 158 Å². The summed E-state index contributed by atoms with van der Waals surface area (Å²) in [6.45, 7) is 3.95. The molecule has 0 fully saturated rings. The molecule has 518 valence electrons. The van der Waals surface area contributed by atoms with E-state index in [0.29, 0.717) is 51.4 Å². The molecule has 34 heteroatoms. The minimum absolute atomic E-state index is 0.123. The van der Waals surface area contributed by atoms with Crippen molar-refractivity contribution in [2.75, 3.05) is 0 Å². The second-order valence-corrected chi connectivity index (χ2v) is 22.0. The molecular weight excluding hydrogens is 1270 g/mol. The fourth-order valence-corrected chi connectivity index (χ4v) is 9.52. The van der Waals surface area contributed by atoms with Gasteiger partial charge in [0, 0.05) is 12.8 Å². The zero-order chi connectivity index (χ0) is 67.8. The lowest BCUT2D eigenvalue weighted by atomic mass is 9.74. The molecule has 0 aliphatic heterocycles. The van der Waals surface area contributed by atoms with Crippen LogP contribution in [0.4, 0.5) is 149 Å². The molecule has 0 N–H and O–H groups in total. The maximum absolute atomic E-state index is 15.8. The van der Waals surface area contributed by atoms with Gasteiger partial charge in [-0.25, -0.2) is 0 Å². The van der Waals surface area contributed by atoms with E-state index >= 15 is 35.1 Å². The lowest BCUT2D eigenvalue weighted by molar-refractivity contribution is -0.462. The first kappa shape index (κ1) is 83.6. The molecular formula is C52H72F34. The van der Waals surface area contributed by atoms with Crippen LogP contribution in [-0.2, 0) is 0 Å². The molecule has 0 bridgehead atoms. The van der Waals surface area contributed by atoms with Crippen molar-refractivity contribution in [1.29, 1.82) is 0 Å². The Labute approximate surface area is 475 Å². The first-order chi connectivity index (χ1) is 38.6. The Balaban J connectivity index is 7.72. The summed E-state index contributed by atoms with van der Waals surface area (Å²) in [4.78, 5) is 0. The highest BCUT2D eigenvalue weighted by Crippen LogP contribution is 2.67. The average Bonchev–Trinajstić information content (AvgIpc) is 0.789. The monoisotopic (exact) mass is 1340 g/mol. The summed E-state index contributed by atoms with van der Waals surface area (Å²) in [5.41, 5.74) is 0. The van der Waals surface area contributed by atoms with Crippen molar-refractivity contribution in [2.45, 2.75) is 315 Å². The van der Waals surface area contributed by atoms with Crippen LogP contribution >= 0.6 is 0 Å². The Kier molecular flexibility index (Phi) is 30.9. The number of halogens is 34. The lowest BCUT2D eigenvalue weighted by Crippen LogP contribution is -2.74. The summed E-state index contributed by atoms with van der Waals surface area (Å²) >= 11 is 0. The van der Waals surface area contributed by atoms with E-state index in [0.717, 1.165) is 77.0 Å². The standard InChI is InChI=1S/C52H72F34/c1-3-5-7-9-11-13-15-17-19-21-23-25-27-29-31-35(33-37(53,54)39(57,58)41(61,62)43(65,66)45(69,70)47(73,74)49(77,78)51(81,82)83)36(32-30-28-26-24-22-20-18-16-14-12-10-8-6-4-2)34-38(55,56)40(59,60)42(63,64)44(67,68)46(71,72)48(75,76)50(79,80)52(84,85)86/h35-36H,3-34H2,1-2H3. The fourth-order valence-electron chi connectivity index (χ4n) is 9.52. The van der Waals surface area contributed by atoms with Crippen molar-refractivity contribution in [3.8, 4) is 0 Å². The van der Waals surface area contributed by atoms with Crippen molar-refractivity contribution in [1.82, 2.24) is 0 Å². The minimum atomic E-state index is -9.20. The van der Waals surface area contributed by atoms with Crippen LogP contribution in [0.2, 0.25) is 0 Å². The van der Waals surface area contributed by atoms with Crippen LogP contribution in [0.15, 0.2) is 0 Å². The van der Waals surface area contributed by atoms with Crippen LogP contribution < -0.4 is 0 Å². The van der Waals surface area contributed by atoms with Gasteiger partial charge in [0.05, 0.1) is 0 Å². The second kappa shape index (κ2) is 31.8. The van der Waals surface area contributed by atoms with Gasteiger partial charge in [0.25, 0.3) is 0 Å². The van der Waals surface area contributed by atoms with Gasteiger partial charge in [0.2, 0.25) is 0 Å². The molecule has 0 radical (unpaired) electrons. The fraction of sp³-hybridized carbons (Fsp3) is 1.00. The Hall–Kier alpha value is -2.38. The Morgan fingerprint density at radius 2 is 0.314 bits per heavy atom. The van der Waals surface area contributed by atoms with E-state index in [-0.39, 0.29) is 25.7 Å². The van der Waals surface area contributed by atoms with Crippen LogP contribution in [0.25, 0.3) is 0 Å². The zero-order valence-corrected chi connectivity index (χ0v) is 46.6. The molecule has 2 unspecified atom stereocenters.